The Hall–Kier alpha value is -2.05. The molecular weight excluding hydrogens is 543 g/mol. The van der Waals surface area contributed by atoms with E-state index < -0.39 is 10.0 Å². The predicted octanol–water partition coefficient (Wildman–Crippen LogP) is 2.70. The maximum Gasteiger partial charge on any atom is 0.238 e. The molecule has 2 aromatic carbocycles. The summed E-state index contributed by atoms with van der Waals surface area (Å²) >= 11 is 0. The van der Waals surface area contributed by atoms with Gasteiger partial charge in [-0.3, -0.25) is 4.99 Å². The lowest BCUT2D eigenvalue weighted by molar-refractivity contribution is 0.287. The summed E-state index contributed by atoms with van der Waals surface area (Å²) in [5.41, 5.74) is 2.15. The van der Waals surface area contributed by atoms with Crippen LogP contribution in [0.25, 0.3) is 0 Å². The summed E-state index contributed by atoms with van der Waals surface area (Å²) in [4.78, 5) is 4.35. The number of rotatable bonds is 11. The Morgan fingerprint density at radius 2 is 1.44 bits per heavy atom. The first-order valence-electron chi connectivity index (χ1n) is 10.3. The van der Waals surface area contributed by atoms with Gasteiger partial charge in [-0.2, -0.15) is 0 Å². The van der Waals surface area contributed by atoms with Gasteiger partial charge in [-0.15, -0.1) is 24.0 Å². The Morgan fingerprint density at radius 3 is 1.97 bits per heavy atom. The number of guanidine groups is 1. The molecule has 0 saturated heterocycles. The van der Waals surface area contributed by atoms with E-state index in [0.717, 1.165) is 35.5 Å². The number of aliphatic imine (C=N–C) groups is 1. The average Bonchev–Trinajstić information content (AvgIpc) is 2.74. The summed E-state index contributed by atoms with van der Waals surface area (Å²) in [5, 5.41) is 11.7. The maximum absolute atomic E-state index is 11.3. The number of nitrogens with zero attached hydrogens (tertiary/aromatic N) is 1. The van der Waals surface area contributed by atoms with Gasteiger partial charge in [0.1, 0.15) is 0 Å². The second kappa shape index (κ2) is 14.2. The molecule has 0 bridgehead atoms. The highest BCUT2D eigenvalue weighted by Gasteiger charge is 2.08. The van der Waals surface area contributed by atoms with Crippen molar-refractivity contribution in [1.29, 1.82) is 0 Å². The minimum atomic E-state index is -3.66. The molecule has 8 nitrogen and oxygen atoms in total. The first kappa shape index (κ1) is 28.0. The van der Waals surface area contributed by atoms with E-state index in [1.54, 1.807) is 19.2 Å². The Balaban J connectivity index is 0.00000512. The van der Waals surface area contributed by atoms with Gasteiger partial charge < -0.3 is 20.1 Å². The van der Waals surface area contributed by atoms with Crippen molar-refractivity contribution >= 4 is 40.0 Å². The summed E-state index contributed by atoms with van der Waals surface area (Å²) < 4.78 is 33.9. The van der Waals surface area contributed by atoms with Gasteiger partial charge in [0.25, 0.3) is 0 Å². The van der Waals surface area contributed by atoms with Gasteiger partial charge in [-0.1, -0.05) is 18.2 Å². The molecule has 0 aliphatic rings. The topological polar surface area (TPSA) is 115 Å². The van der Waals surface area contributed by atoms with E-state index in [4.69, 9.17) is 14.6 Å². The van der Waals surface area contributed by atoms with Crippen molar-refractivity contribution in [2.45, 2.75) is 31.6 Å². The van der Waals surface area contributed by atoms with Gasteiger partial charge in [0, 0.05) is 20.1 Å². The molecule has 0 unspecified atom stereocenters. The zero-order chi connectivity index (χ0) is 22.7. The van der Waals surface area contributed by atoms with Crippen LogP contribution in [0.15, 0.2) is 52.4 Å². The molecule has 0 aliphatic carbocycles. The van der Waals surface area contributed by atoms with Crippen LogP contribution < -0.4 is 25.2 Å². The predicted molar refractivity (Wildman–Crippen MR) is 139 cm³/mol. The fraction of sp³-hybridized carbons (Fsp3) is 0.409. The smallest absolute Gasteiger partial charge is 0.238 e. The molecule has 0 aliphatic heterocycles. The highest BCUT2D eigenvalue weighted by Crippen LogP contribution is 2.28. The van der Waals surface area contributed by atoms with E-state index in [0.29, 0.717) is 32.3 Å². The van der Waals surface area contributed by atoms with E-state index in [2.05, 4.69) is 15.6 Å². The lowest BCUT2D eigenvalue weighted by Crippen LogP contribution is -2.39. The van der Waals surface area contributed by atoms with Crippen molar-refractivity contribution in [3.63, 3.8) is 0 Å². The van der Waals surface area contributed by atoms with Crippen LogP contribution in [0.5, 0.6) is 11.5 Å². The van der Waals surface area contributed by atoms with Crippen molar-refractivity contribution in [3.8, 4) is 11.5 Å². The number of nitrogens with two attached hydrogens (primary N) is 1. The lowest BCUT2D eigenvalue weighted by atomic mass is 10.1. The summed E-state index contributed by atoms with van der Waals surface area (Å²) in [6.07, 6.45) is 1.53. The first-order valence-corrected chi connectivity index (χ1v) is 11.9. The van der Waals surface area contributed by atoms with E-state index in [-0.39, 0.29) is 28.9 Å². The molecule has 10 heteroatoms. The van der Waals surface area contributed by atoms with Gasteiger partial charge in [0.15, 0.2) is 17.5 Å². The quantitative estimate of drug-likeness (QED) is 0.215. The fourth-order valence-corrected chi connectivity index (χ4v) is 3.48. The number of benzene rings is 2. The minimum Gasteiger partial charge on any atom is -0.490 e. The molecule has 0 radical (unpaired) electrons. The summed E-state index contributed by atoms with van der Waals surface area (Å²) in [6.45, 7) is 6.45. The van der Waals surface area contributed by atoms with Gasteiger partial charge in [0.05, 0.1) is 18.1 Å². The molecule has 0 aromatic heterocycles. The van der Waals surface area contributed by atoms with Crippen molar-refractivity contribution in [2.75, 3.05) is 33.4 Å². The van der Waals surface area contributed by atoms with Crippen LogP contribution in [0.4, 0.5) is 0 Å². The van der Waals surface area contributed by atoms with E-state index in [9.17, 15) is 8.42 Å². The molecule has 0 atom stereocenters. The standard InChI is InChI=1S/C22H32N4O4S.HI/c1-4-29-20-11-8-18(16-21(20)30-5-2)13-15-26-22(24-3)25-14-12-17-6-9-19(10-7-17)31(23,27)28;/h6-11,16H,4-5,12-15H2,1-3H3,(H2,23,27,28)(H2,24,25,26);1H. The van der Waals surface area contributed by atoms with Crippen LogP contribution in [-0.4, -0.2) is 47.7 Å². The number of sulfonamides is 1. The molecule has 0 fully saturated rings. The van der Waals surface area contributed by atoms with Crippen LogP contribution in [0.1, 0.15) is 25.0 Å². The Morgan fingerprint density at radius 1 is 0.906 bits per heavy atom. The Labute approximate surface area is 208 Å². The normalized spacial score (nSPS) is 11.4. The zero-order valence-corrected chi connectivity index (χ0v) is 21.9. The zero-order valence-electron chi connectivity index (χ0n) is 18.8. The van der Waals surface area contributed by atoms with Crippen molar-refractivity contribution in [2.24, 2.45) is 10.1 Å². The number of hydrogen-bond acceptors (Lipinski definition) is 5. The third kappa shape index (κ3) is 9.21. The molecule has 0 heterocycles. The molecule has 4 N–H and O–H groups in total. The Kier molecular flexibility index (Phi) is 12.4. The van der Waals surface area contributed by atoms with Gasteiger partial charge >= 0.3 is 0 Å². The number of ether oxygens (including phenoxy) is 2. The molecular formula is C22H33IN4O4S. The van der Waals surface area contributed by atoms with Crippen LogP contribution in [0.2, 0.25) is 0 Å². The SMILES string of the molecule is CCOc1ccc(CCNC(=NC)NCCc2ccc(S(N)(=O)=O)cc2)cc1OCC.I. The van der Waals surface area contributed by atoms with E-state index in [1.165, 1.54) is 12.1 Å². The molecule has 2 aromatic rings. The number of halogens is 1. The second-order valence-electron chi connectivity index (χ2n) is 6.76. The largest absolute Gasteiger partial charge is 0.490 e. The van der Waals surface area contributed by atoms with Gasteiger partial charge in [0.2, 0.25) is 10.0 Å². The molecule has 0 saturated carbocycles. The highest BCUT2D eigenvalue weighted by atomic mass is 127. The molecule has 0 spiro atoms. The van der Waals surface area contributed by atoms with Crippen LogP contribution >= 0.6 is 24.0 Å². The third-order valence-corrected chi connectivity index (χ3v) is 5.42. The molecule has 0 amide bonds. The van der Waals surface area contributed by atoms with Crippen molar-refractivity contribution in [3.05, 3.63) is 53.6 Å². The number of hydrogen-bond donors (Lipinski definition) is 3. The second-order valence-corrected chi connectivity index (χ2v) is 8.32. The van der Waals surface area contributed by atoms with E-state index >= 15 is 0 Å². The maximum atomic E-state index is 11.3. The van der Waals surface area contributed by atoms with Gasteiger partial charge in [-0.25, -0.2) is 13.6 Å². The first-order chi connectivity index (χ1) is 14.9. The summed E-state index contributed by atoms with van der Waals surface area (Å²) in [7, 11) is -1.94. The third-order valence-electron chi connectivity index (χ3n) is 4.50. The minimum absolute atomic E-state index is 0. The van der Waals surface area contributed by atoms with E-state index in [1.807, 2.05) is 32.0 Å². The Bertz CT molecular complexity index is 966. The number of nitrogens with one attached hydrogen (secondary N) is 2. The monoisotopic (exact) mass is 576 g/mol. The lowest BCUT2D eigenvalue weighted by Gasteiger charge is -2.14. The van der Waals surface area contributed by atoms with Gasteiger partial charge in [-0.05, 0) is 62.1 Å². The van der Waals surface area contributed by atoms with Crippen LogP contribution in [0, 0.1) is 0 Å². The summed E-state index contributed by atoms with van der Waals surface area (Å²) in [5.74, 6) is 2.23. The van der Waals surface area contributed by atoms with Crippen LogP contribution in [-0.2, 0) is 22.9 Å². The molecule has 2 rings (SSSR count). The van der Waals surface area contributed by atoms with Crippen molar-refractivity contribution in [1.82, 2.24) is 10.6 Å². The molecule has 32 heavy (non-hydrogen) atoms. The number of primary sulfonamides is 1. The highest BCUT2D eigenvalue weighted by molar-refractivity contribution is 14.0. The summed E-state index contributed by atoms with van der Waals surface area (Å²) in [6, 6.07) is 12.6. The fourth-order valence-electron chi connectivity index (χ4n) is 2.97. The molecule has 178 valence electrons. The van der Waals surface area contributed by atoms with Crippen LogP contribution in [0.3, 0.4) is 0 Å². The van der Waals surface area contributed by atoms with Crippen molar-refractivity contribution < 1.29 is 17.9 Å². The average molecular weight is 577 g/mol.